The Labute approximate surface area is 111 Å². The third-order valence-electron chi connectivity index (χ3n) is 4.26. The van der Waals surface area contributed by atoms with Crippen molar-refractivity contribution in [1.29, 1.82) is 0 Å². The van der Waals surface area contributed by atoms with Gasteiger partial charge in [-0.2, -0.15) is 0 Å². The molecule has 0 saturated heterocycles. The number of aryl methyl sites for hydroxylation is 2. The first-order valence-electron chi connectivity index (χ1n) is 7.25. The van der Waals surface area contributed by atoms with Crippen LogP contribution < -0.4 is 0 Å². The van der Waals surface area contributed by atoms with Gasteiger partial charge in [0.1, 0.15) is 5.78 Å². The molecule has 1 aromatic carbocycles. The topological polar surface area (TPSA) is 17.1 Å². The molecule has 98 valence electrons. The van der Waals surface area contributed by atoms with Crippen molar-refractivity contribution in [1.82, 2.24) is 0 Å². The smallest absolute Gasteiger partial charge is 0.140 e. The summed E-state index contributed by atoms with van der Waals surface area (Å²) in [6.45, 7) is 4.24. The molecular weight excluding hydrogens is 220 g/mol. The Kier molecular flexibility index (Phi) is 4.57. The lowest BCUT2D eigenvalue weighted by Gasteiger charge is -2.13. The van der Waals surface area contributed by atoms with E-state index >= 15 is 0 Å². The van der Waals surface area contributed by atoms with Crippen molar-refractivity contribution >= 4 is 5.78 Å². The number of Topliss-reactive ketones (excluding diaryl/α,β-unsaturated/α-hetero) is 1. The molecule has 0 bridgehead atoms. The molecule has 1 aliphatic carbocycles. The fraction of sp³-hybridized carbons (Fsp3) is 0.588. The summed E-state index contributed by atoms with van der Waals surface area (Å²) in [7, 11) is 0. The lowest BCUT2D eigenvalue weighted by molar-refractivity contribution is -0.122. The summed E-state index contributed by atoms with van der Waals surface area (Å²) in [5.41, 5.74) is 3.79. The summed E-state index contributed by atoms with van der Waals surface area (Å²) in [5.74, 6) is 0.786. The van der Waals surface area contributed by atoms with E-state index in [0.717, 1.165) is 12.8 Å². The van der Waals surface area contributed by atoms with Crippen molar-refractivity contribution in [2.24, 2.45) is 5.92 Å². The van der Waals surface area contributed by atoms with Gasteiger partial charge in [-0.3, -0.25) is 4.79 Å². The maximum Gasteiger partial charge on any atom is 0.140 e. The Morgan fingerprint density at radius 2 is 1.72 bits per heavy atom. The average Bonchev–Trinajstić information content (AvgIpc) is 2.62. The first kappa shape index (κ1) is 13.3. The van der Waals surface area contributed by atoms with E-state index in [2.05, 4.69) is 32.0 Å². The van der Waals surface area contributed by atoms with Crippen LogP contribution in [0.2, 0.25) is 0 Å². The zero-order valence-electron chi connectivity index (χ0n) is 11.7. The Bertz CT molecular complexity index is 412. The SMILES string of the molecule is Cc1ccc(CC(=O)C2CCCCCC2)cc1C. The molecule has 1 saturated carbocycles. The monoisotopic (exact) mass is 244 g/mol. The molecule has 0 aromatic heterocycles. The van der Waals surface area contributed by atoms with Crippen LogP contribution in [0.3, 0.4) is 0 Å². The van der Waals surface area contributed by atoms with Crippen LogP contribution in [0.1, 0.15) is 55.2 Å². The van der Waals surface area contributed by atoms with Crippen molar-refractivity contribution in [3.05, 3.63) is 34.9 Å². The number of hydrogen-bond acceptors (Lipinski definition) is 1. The van der Waals surface area contributed by atoms with Gasteiger partial charge in [0.05, 0.1) is 0 Å². The molecule has 1 heteroatoms. The minimum Gasteiger partial charge on any atom is -0.299 e. The predicted molar refractivity (Wildman–Crippen MR) is 75.8 cm³/mol. The van der Waals surface area contributed by atoms with Crippen molar-refractivity contribution < 1.29 is 4.79 Å². The van der Waals surface area contributed by atoms with E-state index in [1.165, 1.54) is 42.4 Å². The van der Waals surface area contributed by atoms with Gasteiger partial charge < -0.3 is 0 Å². The predicted octanol–water partition coefficient (Wildman–Crippen LogP) is 4.39. The highest BCUT2D eigenvalue weighted by molar-refractivity contribution is 5.83. The molecule has 0 heterocycles. The quantitative estimate of drug-likeness (QED) is 0.721. The summed E-state index contributed by atoms with van der Waals surface area (Å²) in [6, 6.07) is 6.41. The molecule has 0 spiro atoms. The van der Waals surface area contributed by atoms with Crippen LogP contribution in [0, 0.1) is 19.8 Å². The van der Waals surface area contributed by atoms with E-state index < -0.39 is 0 Å². The first-order chi connectivity index (χ1) is 8.66. The molecule has 0 aliphatic heterocycles. The summed E-state index contributed by atoms with van der Waals surface area (Å²) in [4.78, 5) is 12.3. The molecule has 0 N–H and O–H groups in total. The molecular formula is C17H24O. The van der Waals surface area contributed by atoms with E-state index in [9.17, 15) is 4.79 Å². The fourth-order valence-corrected chi connectivity index (χ4v) is 2.86. The number of carbonyl (C=O) groups excluding carboxylic acids is 1. The van der Waals surface area contributed by atoms with Crippen molar-refractivity contribution in [3.8, 4) is 0 Å². The van der Waals surface area contributed by atoms with Crippen LogP contribution in [-0.2, 0) is 11.2 Å². The summed E-state index contributed by atoms with van der Waals surface area (Å²) >= 11 is 0. The second kappa shape index (κ2) is 6.17. The molecule has 0 atom stereocenters. The summed E-state index contributed by atoms with van der Waals surface area (Å²) in [6.07, 6.45) is 7.96. The van der Waals surface area contributed by atoms with Crippen molar-refractivity contribution in [3.63, 3.8) is 0 Å². The minimum atomic E-state index is 0.328. The highest BCUT2D eigenvalue weighted by Gasteiger charge is 2.19. The van der Waals surface area contributed by atoms with Gasteiger partial charge in [-0.1, -0.05) is 43.9 Å². The Morgan fingerprint density at radius 1 is 1.06 bits per heavy atom. The first-order valence-corrected chi connectivity index (χ1v) is 7.25. The molecule has 2 rings (SSSR count). The van der Waals surface area contributed by atoms with E-state index in [1.54, 1.807) is 0 Å². The van der Waals surface area contributed by atoms with Crippen molar-refractivity contribution in [2.75, 3.05) is 0 Å². The summed E-state index contributed by atoms with van der Waals surface area (Å²) in [5, 5.41) is 0. The highest BCUT2D eigenvalue weighted by atomic mass is 16.1. The lowest BCUT2D eigenvalue weighted by atomic mass is 9.91. The highest BCUT2D eigenvalue weighted by Crippen LogP contribution is 2.25. The molecule has 1 fully saturated rings. The molecule has 1 nitrogen and oxygen atoms in total. The molecule has 1 aliphatic rings. The zero-order valence-corrected chi connectivity index (χ0v) is 11.7. The van der Waals surface area contributed by atoms with Crippen LogP contribution in [0.4, 0.5) is 0 Å². The zero-order chi connectivity index (χ0) is 13.0. The number of benzene rings is 1. The number of carbonyl (C=O) groups is 1. The van der Waals surface area contributed by atoms with Gasteiger partial charge in [0.15, 0.2) is 0 Å². The molecule has 0 amide bonds. The van der Waals surface area contributed by atoms with Gasteiger partial charge in [0.25, 0.3) is 0 Å². The number of ketones is 1. The fourth-order valence-electron chi connectivity index (χ4n) is 2.86. The van der Waals surface area contributed by atoms with Gasteiger partial charge in [0.2, 0.25) is 0 Å². The Balaban J connectivity index is 1.99. The Hall–Kier alpha value is -1.11. The molecule has 0 radical (unpaired) electrons. The van der Waals surface area contributed by atoms with Crippen LogP contribution in [-0.4, -0.2) is 5.78 Å². The van der Waals surface area contributed by atoms with E-state index in [-0.39, 0.29) is 0 Å². The number of rotatable bonds is 3. The van der Waals surface area contributed by atoms with Gasteiger partial charge in [-0.05, 0) is 43.4 Å². The average molecular weight is 244 g/mol. The molecule has 1 aromatic rings. The number of hydrogen-bond donors (Lipinski definition) is 0. The van der Waals surface area contributed by atoms with Crippen LogP contribution >= 0.6 is 0 Å². The van der Waals surface area contributed by atoms with Gasteiger partial charge in [0, 0.05) is 12.3 Å². The van der Waals surface area contributed by atoms with Crippen LogP contribution in [0.25, 0.3) is 0 Å². The third kappa shape index (κ3) is 3.44. The maximum atomic E-state index is 12.3. The molecule has 18 heavy (non-hydrogen) atoms. The second-order valence-electron chi connectivity index (χ2n) is 5.75. The third-order valence-corrected chi connectivity index (χ3v) is 4.26. The largest absolute Gasteiger partial charge is 0.299 e. The van der Waals surface area contributed by atoms with Gasteiger partial charge >= 0.3 is 0 Å². The second-order valence-corrected chi connectivity index (χ2v) is 5.75. The van der Waals surface area contributed by atoms with Crippen molar-refractivity contribution in [2.45, 2.75) is 58.8 Å². The molecule has 0 unspecified atom stereocenters. The van der Waals surface area contributed by atoms with Gasteiger partial charge in [-0.15, -0.1) is 0 Å². The van der Waals surface area contributed by atoms with E-state index in [1.807, 2.05) is 0 Å². The van der Waals surface area contributed by atoms with E-state index in [0.29, 0.717) is 18.1 Å². The standard InChI is InChI=1S/C17H24O/c1-13-9-10-15(11-14(13)2)12-17(18)16-7-5-3-4-6-8-16/h9-11,16H,3-8,12H2,1-2H3. The van der Waals surface area contributed by atoms with E-state index in [4.69, 9.17) is 0 Å². The maximum absolute atomic E-state index is 12.3. The van der Waals surface area contributed by atoms with Crippen LogP contribution in [0.5, 0.6) is 0 Å². The Morgan fingerprint density at radius 3 is 2.33 bits per heavy atom. The minimum absolute atomic E-state index is 0.328. The van der Waals surface area contributed by atoms with Gasteiger partial charge in [-0.25, -0.2) is 0 Å². The van der Waals surface area contributed by atoms with Crippen LogP contribution in [0.15, 0.2) is 18.2 Å². The lowest BCUT2D eigenvalue weighted by Crippen LogP contribution is -2.16. The summed E-state index contributed by atoms with van der Waals surface area (Å²) < 4.78 is 0. The normalized spacial score (nSPS) is 17.4.